The minimum atomic E-state index is -0.244. The van der Waals surface area contributed by atoms with Gasteiger partial charge in [-0.3, -0.25) is 14.9 Å². The van der Waals surface area contributed by atoms with Gasteiger partial charge in [0.15, 0.2) is 0 Å². The smallest absolute Gasteiger partial charge is 0.250 e. The lowest BCUT2D eigenvalue weighted by Gasteiger charge is -2.05. The lowest BCUT2D eigenvalue weighted by atomic mass is 10.1. The van der Waals surface area contributed by atoms with E-state index in [1.807, 2.05) is 11.4 Å². The molecule has 30 heavy (non-hydrogen) atoms. The molecule has 0 aliphatic carbocycles. The molecule has 4 aromatic rings. The van der Waals surface area contributed by atoms with Gasteiger partial charge in [-0.2, -0.15) is 4.98 Å². The van der Waals surface area contributed by atoms with Gasteiger partial charge >= 0.3 is 0 Å². The molecule has 0 atom stereocenters. The predicted molar refractivity (Wildman–Crippen MR) is 119 cm³/mol. The second kappa shape index (κ2) is 8.43. The van der Waals surface area contributed by atoms with Crippen molar-refractivity contribution in [3.05, 3.63) is 63.5 Å². The number of amides is 2. The van der Waals surface area contributed by atoms with Crippen LogP contribution in [0.4, 0.5) is 11.6 Å². The Bertz CT molecular complexity index is 1250. The number of aromatic nitrogens is 3. The van der Waals surface area contributed by atoms with E-state index < -0.39 is 0 Å². The summed E-state index contributed by atoms with van der Waals surface area (Å²) >= 11 is 13.7. The number of nitrogens with zero attached hydrogens (tertiary/aromatic N) is 3. The van der Waals surface area contributed by atoms with Crippen molar-refractivity contribution < 1.29 is 9.59 Å². The molecule has 0 radical (unpaired) electrons. The number of hydrogen-bond acceptors (Lipinski definition) is 5. The maximum absolute atomic E-state index is 12.4. The van der Waals surface area contributed by atoms with Crippen LogP contribution in [0.1, 0.15) is 12.5 Å². The molecule has 7 nitrogen and oxygen atoms in total. The molecule has 0 fully saturated rings. The largest absolute Gasteiger partial charge is 0.326 e. The van der Waals surface area contributed by atoms with Crippen LogP contribution in [-0.2, 0) is 16.0 Å². The third-order valence-electron chi connectivity index (χ3n) is 4.18. The Morgan fingerprint density at radius 2 is 1.87 bits per heavy atom. The SMILES string of the molecule is CC(=O)Nc1ccc(CC(=O)Nc2nc3scc(-c4ccc(Cl)cc4Cl)n3n2)cc1. The summed E-state index contributed by atoms with van der Waals surface area (Å²) in [5, 5.41) is 12.7. The fraction of sp³-hybridized carbons (Fsp3) is 0.100. The average molecular weight is 460 g/mol. The Morgan fingerprint density at radius 1 is 1.10 bits per heavy atom. The topological polar surface area (TPSA) is 88.4 Å². The van der Waals surface area contributed by atoms with Crippen molar-refractivity contribution in [3.63, 3.8) is 0 Å². The van der Waals surface area contributed by atoms with Gasteiger partial charge in [0.2, 0.25) is 22.7 Å². The van der Waals surface area contributed by atoms with Gasteiger partial charge < -0.3 is 5.32 Å². The molecule has 152 valence electrons. The van der Waals surface area contributed by atoms with E-state index in [9.17, 15) is 9.59 Å². The molecular weight excluding hydrogens is 445 g/mol. The zero-order chi connectivity index (χ0) is 21.3. The van der Waals surface area contributed by atoms with Gasteiger partial charge in [-0.1, -0.05) is 35.3 Å². The predicted octanol–water partition coefficient (Wildman–Crippen LogP) is 4.90. The summed E-state index contributed by atoms with van der Waals surface area (Å²) in [6.07, 6.45) is 0.156. The van der Waals surface area contributed by atoms with E-state index >= 15 is 0 Å². The molecule has 2 amide bonds. The summed E-state index contributed by atoms with van der Waals surface area (Å²) in [6.45, 7) is 1.44. The first kappa shape index (κ1) is 20.3. The van der Waals surface area contributed by atoms with E-state index in [2.05, 4.69) is 20.7 Å². The van der Waals surface area contributed by atoms with Gasteiger partial charge in [-0.15, -0.1) is 16.4 Å². The maximum atomic E-state index is 12.4. The third kappa shape index (κ3) is 4.46. The number of benzene rings is 2. The number of carbonyl (C=O) groups is 2. The van der Waals surface area contributed by atoms with E-state index in [1.165, 1.54) is 18.3 Å². The number of anilines is 2. The average Bonchev–Trinajstić information content (AvgIpc) is 3.23. The van der Waals surface area contributed by atoms with Gasteiger partial charge in [0.1, 0.15) is 0 Å². The Labute approximate surface area is 185 Å². The lowest BCUT2D eigenvalue weighted by Crippen LogP contribution is -2.15. The molecule has 0 spiro atoms. The van der Waals surface area contributed by atoms with Crippen LogP contribution >= 0.6 is 34.5 Å². The van der Waals surface area contributed by atoms with Crippen LogP contribution in [0.2, 0.25) is 10.0 Å². The lowest BCUT2D eigenvalue weighted by molar-refractivity contribution is -0.116. The highest BCUT2D eigenvalue weighted by molar-refractivity contribution is 7.15. The standard InChI is InChI=1S/C20H15Cl2N5O2S/c1-11(28)23-14-5-2-12(3-6-14)8-18(29)24-19-25-20-27(26-19)17(10-30-20)15-7-4-13(21)9-16(15)22/h2-7,9-10H,8H2,1H3,(H,23,28)(H,24,26,29). The zero-order valence-corrected chi connectivity index (χ0v) is 18.0. The maximum Gasteiger partial charge on any atom is 0.250 e. The minimum Gasteiger partial charge on any atom is -0.326 e. The molecule has 2 aromatic carbocycles. The minimum absolute atomic E-state index is 0.148. The van der Waals surface area contributed by atoms with Crippen LogP contribution in [0.15, 0.2) is 47.8 Å². The number of halogens is 2. The van der Waals surface area contributed by atoms with Crippen LogP contribution < -0.4 is 10.6 Å². The molecule has 0 saturated heterocycles. The van der Waals surface area contributed by atoms with Crippen molar-refractivity contribution in [2.24, 2.45) is 0 Å². The van der Waals surface area contributed by atoms with Gasteiger partial charge in [-0.05, 0) is 35.9 Å². The quantitative estimate of drug-likeness (QED) is 0.443. The summed E-state index contributed by atoms with van der Waals surface area (Å²) in [6, 6.07) is 12.3. The highest BCUT2D eigenvalue weighted by atomic mass is 35.5. The highest BCUT2D eigenvalue weighted by Gasteiger charge is 2.15. The second-order valence-corrected chi connectivity index (χ2v) is 8.16. The normalized spacial score (nSPS) is 10.9. The summed E-state index contributed by atoms with van der Waals surface area (Å²) in [7, 11) is 0. The van der Waals surface area contributed by atoms with E-state index in [-0.39, 0.29) is 24.2 Å². The van der Waals surface area contributed by atoms with Crippen LogP contribution in [-0.4, -0.2) is 26.4 Å². The van der Waals surface area contributed by atoms with E-state index in [0.717, 1.165) is 16.8 Å². The van der Waals surface area contributed by atoms with Gasteiger partial charge in [0.05, 0.1) is 17.1 Å². The summed E-state index contributed by atoms with van der Waals surface area (Å²) < 4.78 is 1.64. The first-order chi connectivity index (χ1) is 14.4. The molecule has 0 unspecified atom stereocenters. The Kier molecular flexibility index (Phi) is 5.72. The van der Waals surface area contributed by atoms with Crippen molar-refractivity contribution >= 4 is 62.9 Å². The van der Waals surface area contributed by atoms with Crippen molar-refractivity contribution in [2.45, 2.75) is 13.3 Å². The van der Waals surface area contributed by atoms with Crippen LogP contribution in [0.25, 0.3) is 16.2 Å². The first-order valence-electron chi connectivity index (χ1n) is 8.85. The van der Waals surface area contributed by atoms with Crippen LogP contribution in [0.3, 0.4) is 0 Å². The first-order valence-corrected chi connectivity index (χ1v) is 10.5. The van der Waals surface area contributed by atoms with E-state index in [0.29, 0.717) is 20.7 Å². The molecule has 2 aromatic heterocycles. The number of rotatable bonds is 5. The molecular formula is C20H15Cl2N5O2S. The monoisotopic (exact) mass is 459 g/mol. The number of thiazole rings is 1. The number of hydrogen-bond donors (Lipinski definition) is 2. The molecule has 2 N–H and O–H groups in total. The fourth-order valence-corrected chi connectivity index (χ4v) is 4.21. The molecule has 0 aliphatic rings. The summed E-state index contributed by atoms with van der Waals surface area (Å²) in [4.78, 5) is 28.4. The second-order valence-electron chi connectivity index (χ2n) is 6.48. The van der Waals surface area contributed by atoms with Crippen molar-refractivity contribution in [3.8, 4) is 11.3 Å². The fourth-order valence-electron chi connectivity index (χ4n) is 2.88. The van der Waals surface area contributed by atoms with Crippen LogP contribution in [0, 0.1) is 0 Å². The Hall–Kier alpha value is -2.94. The third-order valence-corrected chi connectivity index (χ3v) is 5.54. The zero-order valence-electron chi connectivity index (χ0n) is 15.6. The number of carbonyl (C=O) groups excluding carboxylic acids is 2. The van der Waals surface area contributed by atoms with E-state index in [4.69, 9.17) is 23.2 Å². The Balaban J connectivity index is 1.48. The van der Waals surface area contributed by atoms with E-state index in [1.54, 1.807) is 40.9 Å². The van der Waals surface area contributed by atoms with Crippen molar-refractivity contribution in [1.82, 2.24) is 14.6 Å². The highest BCUT2D eigenvalue weighted by Crippen LogP contribution is 2.33. The summed E-state index contributed by atoms with van der Waals surface area (Å²) in [5.41, 5.74) is 3.01. The van der Waals surface area contributed by atoms with Gasteiger partial charge in [-0.25, -0.2) is 4.52 Å². The van der Waals surface area contributed by atoms with Crippen LogP contribution in [0.5, 0.6) is 0 Å². The van der Waals surface area contributed by atoms with Gasteiger partial charge in [0, 0.05) is 28.6 Å². The number of fused-ring (bicyclic) bond motifs is 1. The molecule has 2 heterocycles. The molecule has 0 saturated carbocycles. The molecule has 0 bridgehead atoms. The number of nitrogens with one attached hydrogen (secondary N) is 2. The Morgan fingerprint density at radius 3 is 2.57 bits per heavy atom. The summed E-state index contributed by atoms with van der Waals surface area (Å²) in [5.74, 6) is -0.176. The van der Waals surface area contributed by atoms with Crippen molar-refractivity contribution in [1.29, 1.82) is 0 Å². The molecule has 4 rings (SSSR count). The van der Waals surface area contributed by atoms with Gasteiger partial charge in [0.25, 0.3) is 0 Å². The van der Waals surface area contributed by atoms with Crippen molar-refractivity contribution in [2.75, 3.05) is 10.6 Å². The molecule has 0 aliphatic heterocycles. The molecule has 10 heteroatoms.